The van der Waals surface area contributed by atoms with Gasteiger partial charge in [-0.15, -0.1) is 0 Å². The Kier molecular flexibility index (Phi) is 8.42. The maximum atomic E-state index is 12.8. The number of carboxylic acid groups (broad SMARTS) is 1. The highest BCUT2D eigenvalue weighted by Gasteiger charge is 2.71. The van der Waals surface area contributed by atoms with Gasteiger partial charge in [0.2, 0.25) is 0 Å². The van der Waals surface area contributed by atoms with E-state index in [1.807, 2.05) is 12.1 Å². The number of benzene rings is 1. The van der Waals surface area contributed by atoms with Crippen molar-refractivity contribution >= 4 is 21.4 Å². The van der Waals surface area contributed by atoms with Crippen molar-refractivity contribution < 1.29 is 14.1 Å². The van der Waals surface area contributed by atoms with Gasteiger partial charge in [-0.25, -0.2) is 4.79 Å². The van der Waals surface area contributed by atoms with Gasteiger partial charge >= 0.3 is 5.97 Å². The summed E-state index contributed by atoms with van der Waals surface area (Å²) in [6, 6.07) is 8.37. The Morgan fingerprint density at radius 1 is 0.940 bits per heavy atom. The molecule has 13 atom stereocenters. The van der Waals surface area contributed by atoms with Gasteiger partial charge in [-0.2, -0.15) is 0 Å². The van der Waals surface area contributed by atoms with Crippen LogP contribution < -0.4 is 5.32 Å². The number of hydrogen-bond donors (Lipinski definition) is 2. The van der Waals surface area contributed by atoms with Gasteiger partial charge in [0.1, 0.15) is 0 Å². The molecule has 2 aliphatic heterocycles. The number of likely N-dealkylation sites (tertiary alicyclic amines) is 1. The molecular formula is C44H68N2O3S. The maximum absolute atomic E-state index is 12.8. The quantitative estimate of drug-likeness (QED) is 0.278. The molecule has 278 valence electrons. The molecule has 2 heterocycles. The van der Waals surface area contributed by atoms with Crippen molar-refractivity contribution in [2.75, 3.05) is 25.4 Å². The Bertz CT molecular complexity index is 1600. The van der Waals surface area contributed by atoms with E-state index in [2.05, 4.69) is 76.7 Å². The largest absolute Gasteiger partial charge is 0.478 e. The van der Waals surface area contributed by atoms with Crippen LogP contribution in [-0.2, 0) is 9.52 Å². The molecule has 2 bridgehead atoms. The van der Waals surface area contributed by atoms with Crippen molar-refractivity contribution in [2.24, 2.45) is 57.2 Å². The Balaban J connectivity index is 1.03. The van der Waals surface area contributed by atoms with E-state index in [4.69, 9.17) is 0 Å². The van der Waals surface area contributed by atoms with Crippen LogP contribution in [-0.4, -0.2) is 68.3 Å². The summed E-state index contributed by atoms with van der Waals surface area (Å²) in [6.07, 6.45) is 14.5. The lowest BCUT2D eigenvalue weighted by Crippen LogP contribution is -2.68. The summed E-state index contributed by atoms with van der Waals surface area (Å²) in [6.45, 7) is 21.6. The molecule has 0 radical (unpaired) electrons. The van der Waals surface area contributed by atoms with Crippen molar-refractivity contribution in [3.05, 3.63) is 35.4 Å². The van der Waals surface area contributed by atoms with Crippen LogP contribution in [0.2, 0.25) is 0 Å². The van der Waals surface area contributed by atoms with E-state index in [1.54, 1.807) is 0 Å². The van der Waals surface area contributed by atoms with Gasteiger partial charge in [0.25, 0.3) is 0 Å². The van der Waals surface area contributed by atoms with Crippen LogP contribution in [0, 0.1) is 57.2 Å². The Hall–Kier alpha value is -1.37. The molecule has 0 amide bonds. The molecule has 0 aromatic heterocycles. The van der Waals surface area contributed by atoms with Crippen LogP contribution in [0.15, 0.2) is 24.3 Å². The van der Waals surface area contributed by atoms with Crippen molar-refractivity contribution in [2.45, 2.75) is 142 Å². The van der Waals surface area contributed by atoms with Crippen LogP contribution in [0.5, 0.6) is 0 Å². The molecule has 1 aromatic rings. The third kappa shape index (κ3) is 4.98. The third-order valence-corrected chi connectivity index (χ3v) is 20.9. The number of carboxylic acids is 1. The smallest absolute Gasteiger partial charge is 0.335 e. The highest BCUT2D eigenvalue weighted by Crippen LogP contribution is 2.77. The first kappa shape index (κ1) is 35.6. The molecule has 6 heteroatoms. The average Bonchev–Trinajstić information content (AvgIpc) is 3.72. The number of nitrogens with zero attached hydrogens (tertiary/aromatic N) is 1. The van der Waals surface area contributed by atoms with E-state index < -0.39 is 15.5 Å². The number of carbonyl (C=O) groups is 1. The first-order chi connectivity index (χ1) is 23.5. The zero-order valence-electron chi connectivity index (χ0n) is 32.4. The highest BCUT2D eigenvalue weighted by atomic mass is 32.2. The lowest BCUT2D eigenvalue weighted by molar-refractivity contribution is -0.235. The zero-order chi connectivity index (χ0) is 35.6. The molecular weight excluding hydrogens is 637 g/mol. The SMILES string of the molecule is C=S1(=O)C[C@@H]2C[C@H]1CN2CCN[C@]12CC[C@@H](C(C)C)[C@@H]1[C@H]1CC[C@@H]3[C@@]4(C)CC[C@@H](c5ccc(C(=O)O)cc5)C(C)(C)[C@@H]4CC[C@@]3(C)[C@]1(C)CC2. The lowest BCUT2D eigenvalue weighted by atomic mass is 9.32. The third-order valence-electron chi connectivity index (χ3n) is 18.4. The average molecular weight is 705 g/mol. The van der Waals surface area contributed by atoms with E-state index in [9.17, 15) is 14.1 Å². The monoisotopic (exact) mass is 704 g/mol. The molecule has 50 heavy (non-hydrogen) atoms. The predicted octanol–water partition coefficient (Wildman–Crippen LogP) is 8.72. The number of hydrogen-bond acceptors (Lipinski definition) is 4. The van der Waals surface area contributed by atoms with Crippen molar-refractivity contribution in [3.8, 4) is 0 Å². The van der Waals surface area contributed by atoms with E-state index in [-0.39, 0.29) is 11.0 Å². The van der Waals surface area contributed by atoms with E-state index in [0.717, 1.165) is 61.4 Å². The Morgan fingerprint density at radius 2 is 1.68 bits per heavy atom. The summed E-state index contributed by atoms with van der Waals surface area (Å²) in [5, 5.41) is 14.2. The second kappa shape index (κ2) is 11.8. The fourth-order valence-electron chi connectivity index (χ4n) is 15.8. The predicted molar refractivity (Wildman–Crippen MR) is 207 cm³/mol. The lowest BCUT2D eigenvalue weighted by Gasteiger charge is -2.73. The fourth-order valence-corrected chi connectivity index (χ4v) is 18.1. The zero-order valence-corrected chi connectivity index (χ0v) is 33.3. The summed E-state index contributed by atoms with van der Waals surface area (Å²) < 4.78 is 12.8. The fraction of sp³-hybridized carbons (Fsp3) is 0.818. The van der Waals surface area contributed by atoms with Crippen LogP contribution in [0.1, 0.15) is 141 Å². The normalized spacial score (nSPS) is 49.3. The van der Waals surface area contributed by atoms with E-state index >= 15 is 0 Å². The summed E-state index contributed by atoms with van der Waals surface area (Å²) in [5.41, 5.74) is 3.25. The maximum Gasteiger partial charge on any atom is 0.335 e. The second-order valence-electron chi connectivity index (χ2n) is 20.6. The van der Waals surface area contributed by atoms with Crippen LogP contribution >= 0.6 is 0 Å². The highest BCUT2D eigenvalue weighted by molar-refractivity contribution is 8.01. The number of nitrogens with one attached hydrogen (secondary N) is 1. The van der Waals surface area contributed by atoms with Gasteiger partial charge in [-0.3, -0.25) is 9.11 Å². The van der Waals surface area contributed by atoms with Crippen molar-refractivity contribution in [3.63, 3.8) is 0 Å². The molecule has 2 saturated heterocycles. The van der Waals surface area contributed by atoms with Gasteiger partial charge < -0.3 is 10.4 Å². The van der Waals surface area contributed by atoms with Gasteiger partial charge in [0, 0.05) is 42.2 Å². The van der Waals surface area contributed by atoms with Crippen LogP contribution in [0.3, 0.4) is 0 Å². The minimum Gasteiger partial charge on any atom is -0.478 e. The van der Waals surface area contributed by atoms with Gasteiger partial charge in [-0.05, 0) is 167 Å². The molecule has 7 aliphatic rings. The minimum atomic E-state index is -1.85. The number of fused-ring (bicyclic) bond motifs is 9. The van der Waals surface area contributed by atoms with Crippen LogP contribution in [0.25, 0.3) is 0 Å². The topological polar surface area (TPSA) is 69.6 Å². The summed E-state index contributed by atoms with van der Waals surface area (Å²) in [4.78, 5) is 14.2. The molecule has 2 N–H and O–H groups in total. The molecule has 1 aromatic carbocycles. The van der Waals surface area contributed by atoms with Gasteiger partial charge in [0.05, 0.1) is 5.56 Å². The Morgan fingerprint density at radius 3 is 2.32 bits per heavy atom. The number of aromatic carboxylic acids is 1. The van der Waals surface area contributed by atoms with Gasteiger partial charge in [0.15, 0.2) is 0 Å². The summed E-state index contributed by atoms with van der Waals surface area (Å²) in [7, 11) is -1.85. The molecule has 8 rings (SSSR count). The van der Waals surface area contributed by atoms with Crippen molar-refractivity contribution in [1.82, 2.24) is 10.2 Å². The van der Waals surface area contributed by atoms with E-state index in [0.29, 0.717) is 44.9 Å². The summed E-state index contributed by atoms with van der Waals surface area (Å²) in [5.74, 6) is 9.10. The molecule has 1 unspecified atom stereocenters. The molecule has 5 nitrogen and oxygen atoms in total. The first-order valence-corrected chi connectivity index (χ1v) is 22.6. The van der Waals surface area contributed by atoms with E-state index in [1.165, 1.54) is 69.8 Å². The molecule has 7 fully saturated rings. The van der Waals surface area contributed by atoms with Crippen LogP contribution in [0.4, 0.5) is 0 Å². The Labute approximate surface area is 304 Å². The molecule has 5 aliphatic carbocycles. The standard InChI is InChI=1S/C44H68N2O3S/c1-28(2)33-15-20-44(45-23-24-46-26-32-25-31(46)27-50(32,8)49)22-21-42(6)35(38(33)44)13-14-37-41(5)18-16-34(29-9-11-30(12-10-29)39(47)48)40(3,4)36(41)17-19-43(37,42)7/h9-12,28,31-38,45H,8,13-27H2,1-7H3,(H,47,48)/t31-,32-,33-,34-,35+,36-,37+,38+,41-,42+,43+,44-,50?/m0/s1. The van der Waals surface area contributed by atoms with Crippen molar-refractivity contribution in [1.29, 1.82) is 0 Å². The molecule has 5 saturated carbocycles. The number of rotatable bonds is 7. The second-order valence-corrected chi connectivity index (χ2v) is 23.3. The molecule has 0 spiro atoms. The summed E-state index contributed by atoms with van der Waals surface area (Å²) >= 11 is 0. The first-order valence-electron chi connectivity index (χ1n) is 20.6. The minimum absolute atomic E-state index is 0.176. The van der Waals surface area contributed by atoms with Gasteiger partial charge in [-0.1, -0.05) is 60.6 Å².